The molecular formula is C37H44F5N3O6. The van der Waals surface area contributed by atoms with Crippen molar-refractivity contribution in [1.29, 1.82) is 0 Å². The Morgan fingerprint density at radius 3 is 2.27 bits per heavy atom. The molecule has 0 radical (unpaired) electrons. The summed E-state index contributed by atoms with van der Waals surface area (Å²) in [5.41, 5.74) is -1.99. The van der Waals surface area contributed by atoms with E-state index in [0.29, 0.717) is 11.3 Å². The number of alkyl halides is 3. The number of nitrogens with zero attached hydrogens (tertiary/aromatic N) is 1. The number of carbonyl (C=O) groups excluding carboxylic acids is 2. The van der Waals surface area contributed by atoms with Gasteiger partial charge in [0.15, 0.2) is 17.2 Å². The lowest BCUT2D eigenvalue weighted by Gasteiger charge is -2.32. The fourth-order valence-electron chi connectivity index (χ4n) is 6.23. The van der Waals surface area contributed by atoms with E-state index in [2.05, 4.69) is 15.6 Å². The van der Waals surface area contributed by atoms with Crippen LogP contribution in [0, 0.1) is 24.5 Å². The Balaban J connectivity index is 1.79. The number of hydrogen-bond acceptors (Lipinski definition) is 7. The van der Waals surface area contributed by atoms with Crippen molar-refractivity contribution in [3.63, 3.8) is 0 Å². The van der Waals surface area contributed by atoms with Gasteiger partial charge in [0.2, 0.25) is 11.7 Å². The summed E-state index contributed by atoms with van der Waals surface area (Å²) < 4.78 is 95.8. The van der Waals surface area contributed by atoms with Crippen molar-refractivity contribution < 1.29 is 50.5 Å². The van der Waals surface area contributed by atoms with Crippen LogP contribution in [0.4, 0.5) is 26.7 Å². The monoisotopic (exact) mass is 721 g/mol. The average molecular weight is 722 g/mol. The van der Waals surface area contributed by atoms with Crippen molar-refractivity contribution in [2.45, 2.75) is 103 Å². The third kappa shape index (κ3) is 8.54. The van der Waals surface area contributed by atoms with Crippen molar-refractivity contribution >= 4 is 12.0 Å². The fraction of sp³-hybridized carbons (Fsp3) is 0.486. The van der Waals surface area contributed by atoms with Crippen LogP contribution in [0.25, 0.3) is 0 Å². The number of amides is 2. The highest BCUT2D eigenvalue weighted by atomic mass is 19.4. The summed E-state index contributed by atoms with van der Waals surface area (Å²) >= 11 is 0. The van der Waals surface area contributed by atoms with Crippen LogP contribution in [-0.2, 0) is 20.9 Å². The number of aromatic nitrogens is 1. The third-order valence-electron chi connectivity index (χ3n) is 8.99. The fourth-order valence-corrected chi connectivity index (χ4v) is 6.23. The molecule has 1 saturated heterocycles. The summed E-state index contributed by atoms with van der Waals surface area (Å²) in [5, 5.41) is 5.32. The lowest BCUT2D eigenvalue weighted by molar-refractivity contribution is -0.275. The molecule has 6 atom stereocenters. The number of hydrogen-bond donors (Lipinski definition) is 2. The number of halogens is 5. The highest BCUT2D eigenvalue weighted by Crippen LogP contribution is 2.59. The number of alkyl carbamates (subject to hydrolysis) is 1. The second-order valence-corrected chi connectivity index (χ2v) is 13.9. The molecule has 4 rings (SSSR count). The summed E-state index contributed by atoms with van der Waals surface area (Å²) in [7, 11) is 1.10. The molecule has 51 heavy (non-hydrogen) atoms. The molecule has 0 saturated carbocycles. The average Bonchev–Trinajstić information content (AvgIpc) is 3.31. The van der Waals surface area contributed by atoms with Crippen molar-refractivity contribution in [2.75, 3.05) is 7.11 Å². The van der Waals surface area contributed by atoms with Crippen LogP contribution in [-0.4, -0.2) is 47.5 Å². The summed E-state index contributed by atoms with van der Waals surface area (Å²) in [6, 6.07) is 10.8. The standard InChI is InChI=1S/C37H44F5N3O6/c1-19-28(24-15-16-25(38)30(39)31(24)48-9)32(50-36(19,8)37(40,41)42)26-17-27(49-18-23-13-11-10-12-14-23)29(20(2)43-26)21(3)44-33(46)22(4)45-34(47)51-35(5,6)7/h10-17,19,21-22,28,32H,18H2,1-9H3,(H,44,46)(H,45,47)/t19-,21+,22-,28-,32-,36+/m0/s1. The number of rotatable bonds is 10. The van der Waals surface area contributed by atoms with Crippen LogP contribution in [0.3, 0.4) is 0 Å². The Morgan fingerprint density at radius 2 is 1.69 bits per heavy atom. The molecule has 278 valence electrons. The maximum atomic E-state index is 15.0. The molecule has 2 amide bonds. The van der Waals surface area contributed by atoms with E-state index in [9.17, 15) is 31.5 Å². The molecule has 0 bridgehead atoms. The van der Waals surface area contributed by atoms with Crippen LogP contribution in [0.15, 0.2) is 48.5 Å². The van der Waals surface area contributed by atoms with E-state index in [1.807, 2.05) is 30.3 Å². The molecule has 1 aliphatic rings. The maximum Gasteiger partial charge on any atom is 0.417 e. The van der Waals surface area contributed by atoms with Gasteiger partial charge in [0.1, 0.15) is 30.1 Å². The molecule has 14 heteroatoms. The Kier molecular flexibility index (Phi) is 11.6. The molecule has 9 nitrogen and oxygen atoms in total. The lowest BCUT2D eigenvalue weighted by Crippen LogP contribution is -2.47. The van der Waals surface area contributed by atoms with Crippen LogP contribution < -0.4 is 20.1 Å². The van der Waals surface area contributed by atoms with E-state index in [0.717, 1.165) is 25.7 Å². The predicted octanol–water partition coefficient (Wildman–Crippen LogP) is 8.16. The number of carbonyl (C=O) groups is 2. The quantitative estimate of drug-likeness (QED) is 0.204. The molecule has 3 aromatic rings. The first-order valence-electron chi connectivity index (χ1n) is 16.4. The molecule has 0 aliphatic carbocycles. The van der Waals surface area contributed by atoms with Crippen LogP contribution >= 0.6 is 0 Å². The first-order valence-corrected chi connectivity index (χ1v) is 16.4. The maximum absolute atomic E-state index is 15.0. The van der Waals surface area contributed by atoms with Crippen molar-refractivity contribution in [3.05, 3.63) is 88.2 Å². The van der Waals surface area contributed by atoms with Crippen molar-refractivity contribution in [1.82, 2.24) is 15.6 Å². The third-order valence-corrected chi connectivity index (χ3v) is 8.99. The van der Waals surface area contributed by atoms with Crippen molar-refractivity contribution in [3.8, 4) is 11.5 Å². The lowest BCUT2D eigenvalue weighted by atomic mass is 9.76. The molecule has 1 aromatic heterocycles. The molecule has 1 fully saturated rings. The number of pyridine rings is 1. The zero-order valence-electron chi connectivity index (χ0n) is 30.0. The molecule has 1 aliphatic heterocycles. The van der Waals surface area contributed by atoms with Crippen molar-refractivity contribution in [2.24, 2.45) is 5.92 Å². The Hall–Kier alpha value is -4.46. The Morgan fingerprint density at radius 1 is 1.04 bits per heavy atom. The van der Waals surface area contributed by atoms with Gasteiger partial charge in [-0.1, -0.05) is 43.3 Å². The van der Waals surface area contributed by atoms with E-state index in [1.165, 1.54) is 26.0 Å². The van der Waals surface area contributed by atoms with Gasteiger partial charge in [0.05, 0.1) is 18.8 Å². The highest BCUT2D eigenvalue weighted by Gasteiger charge is 2.65. The predicted molar refractivity (Wildman–Crippen MR) is 178 cm³/mol. The Labute approximate surface area is 294 Å². The summed E-state index contributed by atoms with van der Waals surface area (Å²) in [5.74, 6) is -5.97. The van der Waals surface area contributed by atoms with E-state index < -0.39 is 76.8 Å². The van der Waals surface area contributed by atoms with Gasteiger partial charge in [-0.25, -0.2) is 9.18 Å². The topological polar surface area (TPSA) is 108 Å². The molecular weight excluding hydrogens is 677 g/mol. The molecule has 0 unspecified atom stereocenters. The van der Waals surface area contributed by atoms with E-state index in [-0.39, 0.29) is 23.6 Å². The molecule has 2 aromatic carbocycles. The smallest absolute Gasteiger partial charge is 0.417 e. The van der Waals surface area contributed by atoms with Gasteiger partial charge in [-0.05, 0) is 60.1 Å². The Bertz CT molecular complexity index is 1730. The highest BCUT2D eigenvalue weighted by molar-refractivity contribution is 5.85. The largest absolute Gasteiger partial charge is 0.493 e. The molecule has 2 N–H and O–H groups in total. The normalized spacial score (nSPS) is 21.8. The molecule has 0 spiro atoms. The number of nitrogens with one attached hydrogen (secondary N) is 2. The first-order chi connectivity index (χ1) is 23.7. The summed E-state index contributed by atoms with van der Waals surface area (Å²) in [4.78, 5) is 30.1. The number of methoxy groups -OCH3 is 1. The van der Waals surface area contributed by atoms with Gasteiger partial charge in [-0.15, -0.1) is 0 Å². The minimum Gasteiger partial charge on any atom is -0.493 e. The van der Waals surface area contributed by atoms with Crippen LogP contribution in [0.1, 0.15) is 94.6 Å². The van der Waals surface area contributed by atoms with E-state index in [4.69, 9.17) is 18.9 Å². The number of aryl methyl sites for hydroxylation is 1. The zero-order valence-corrected chi connectivity index (χ0v) is 30.0. The van der Waals surface area contributed by atoms with Gasteiger partial charge >= 0.3 is 12.3 Å². The van der Waals surface area contributed by atoms with E-state index in [1.54, 1.807) is 34.6 Å². The number of benzene rings is 2. The number of ether oxygens (including phenoxy) is 4. The van der Waals surface area contributed by atoms with Crippen LogP contribution in [0.5, 0.6) is 11.5 Å². The van der Waals surface area contributed by atoms with E-state index >= 15 is 0 Å². The summed E-state index contributed by atoms with van der Waals surface area (Å²) in [6.07, 6.45) is -7.05. The zero-order chi connectivity index (χ0) is 38.1. The second kappa shape index (κ2) is 15.0. The minimum absolute atomic E-state index is 0.0238. The van der Waals surface area contributed by atoms with Gasteiger partial charge in [0, 0.05) is 34.7 Å². The van der Waals surface area contributed by atoms with Gasteiger partial charge in [-0.2, -0.15) is 17.6 Å². The van der Waals surface area contributed by atoms with Gasteiger partial charge in [-0.3, -0.25) is 9.78 Å². The van der Waals surface area contributed by atoms with Gasteiger partial charge < -0.3 is 29.6 Å². The second-order valence-electron chi connectivity index (χ2n) is 13.9. The minimum atomic E-state index is -4.85. The van der Waals surface area contributed by atoms with Crippen LogP contribution in [0.2, 0.25) is 0 Å². The van der Waals surface area contributed by atoms with Gasteiger partial charge in [0.25, 0.3) is 0 Å². The SMILES string of the molecule is COc1c([C@H]2[C@H](c3cc(OCc4ccccc4)c([C@@H](C)NC(=O)[C@H](C)NC(=O)OC(C)(C)C)c(C)n3)O[C@@](C)(C(F)(F)F)[C@H]2C)ccc(F)c1F. The molecule has 2 heterocycles. The summed E-state index contributed by atoms with van der Waals surface area (Å²) in [6.45, 7) is 12.1. The first kappa shape index (κ1) is 39.3.